The molecule has 1 spiro atoms. The molecule has 3 heteroatoms. The molecule has 0 aromatic carbocycles. The van der Waals surface area contributed by atoms with Crippen LogP contribution in [0.15, 0.2) is 0 Å². The SMILES string of the molecule is CC(C)C1NC2(CC2)C(=O)N1CC1CCCC1. The Balaban J connectivity index is 1.72. The minimum absolute atomic E-state index is 0.131. The van der Waals surface area contributed by atoms with Gasteiger partial charge in [-0.25, -0.2) is 0 Å². The van der Waals surface area contributed by atoms with Crippen molar-refractivity contribution in [3.05, 3.63) is 0 Å². The van der Waals surface area contributed by atoms with Gasteiger partial charge in [0.25, 0.3) is 0 Å². The molecule has 0 radical (unpaired) electrons. The van der Waals surface area contributed by atoms with Crippen molar-refractivity contribution in [3.8, 4) is 0 Å². The van der Waals surface area contributed by atoms with E-state index in [1.54, 1.807) is 0 Å². The molecule has 2 saturated carbocycles. The Bertz CT molecular complexity index is 316. The summed E-state index contributed by atoms with van der Waals surface area (Å²) in [5, 5.41) is 3.59. The third kappa shape index (κ3) is 1.88. The van der Waals surface area contributed by atoms with Crippen molar-refractivity contribution in [2.24, 2.45) is 11.8 Å². The molecule has 96 valence electrons. The molecule has 3 aliphatic rings. The lowest BCUT2D eigenvalue weighted by atomic mass is 10.1. The molecule has 17 heavy (non-hydrogen) atoms. The maximum Gasteiger partial charge on any atom is 0.244 e. The fraction of sp³-hybridized carbons (Fsp3) is 0.929. The fourth-order valence-corrected chi connectivity index (χ4v) is 3.50. The van der Waals surface area contributed by atoms with E-state index >= 15 is 0 Å². The first kappa shape index (κ1) is 11.5. The molecule has 1 N–H and O–H groups in total. The van der Waals surface area contributed by atoms with Crippen LogP contribution in [0.3, 0.4) is 0 Å². The van der Waals surface area contributed by atoms with Crippen molar-refractivity contribution in [2.45, 2.75) is 64.1 Å². The Morgan fingerprint density at radius 1 is 1.35 bits per heavy atom. The molecule has 3 fully saturated rings. The monoisotopic (exact) mass is 236 g/mol. The molecule has 0 aromatic rings. The molecule has 1 aliphatic heterocycles. The van der Waals surface area contributed by atoms with Crippen LogP contribution in [0.25, 0.3) is 0 Å². The quantitative estimate of drug-likeness (QED) is 0.814. The van der Waals surface area contributed by atoms with Crippen LogP contribution in [0.4, 0.5) is 0 Å². The zero-order valence-electron chi connectivity index (χ0n) is 11.0. The van der Waals surface area contributed by atoms with Crippen LogP contribution in [-0.2, 0) is 4.79 Å². The Labute approximate surface area is 104 Å². The van der Waals surface area contributed by atoms with Gasteiger partial charge in [-0.1, -0.05) is 26.7 Å². The van der Waals surface area contributed by atoms with Crippen LogP contribution in [0.2, 0.25) is 0 Å². The van der Waals surface area contributed by atoms with Gasteiger partial charge in [0.1, 0.15) is 0 Å². The molecule has 1 saturated heterocycles. The highest BCUT2D eigenvalue weighted by Crippen LogP contribution is 2.44. The third-order valence-corrected chi connectivity index (χ3v) is 4.74. The molecule has 2 aliphatic carbocycles. The Morgan fingerprint density at radius 2 is 2.00 bits per heavy atom. The number of nitrogens with one attached hydrogen (secondary N) is 1. The molecule has 0 bridgehead atoms. The summed E-state index contributed by atoms with van der Waals surface area (Å²) >= 11 is 0. The summed E-state index contributed by atoms with van der Waals surface area (Å²) in [5.41, 5.74) is -0.131. The summed E-state index contributed by atoms with van der Waals surface area (Å²) in [4.78, 5) is 14.6. The lowest BCUT2D eigenvalue weighted by Crippen LogP contribution is -2.43. The molecule has 1 unspecified atom stereocenters. The average Bonchev–Trinajstić information content (AvgIpc) is 2.79. The first-order valence-corrected chi connectivity index (χ1v) is 7.21. The van der Waals surface area contributed by atoms with Crippen LogP contribution >= 0.6 is 0 Å². The predicted octanol–water partition coefficient (Wildman–Crippen LogP) is 2.12. The number of carbonyl (C=O) groups is 1. The fourth-order valence-electron chi connectivity index (χ4n) is 3.50. The average molecular weight is 236 g/mol. The van der Waals surface area contributed by atoms with E-state index in [1.165, 1.54) is 25.7 Å². The largest absolute Gasteiger partial charge is 0.325 e. The molecule has 0 aromatic heterocycles. The van der Waals surface area contributed by atoms with E-state index in [0.29, 0.717) is 11.8 Å². The van der Waals surface area contributed by atoms with E-state index in [0.717, 1.165) is 25.3 Å². The lowest BCUT2D eigenvalue weighted by molar-refractivity contribution is -0.131. The van der Waals surface area contributed by atoms with Crippen molar-refractivity contribution in [1.29, 1.82) is 0 Å². The van der Waals surface area contributed by atoms with Gasteiger partial charge >= 0.3 is 0 Å². The van der Waals surface area contributed by atoms with Crippen LogP contribution in [-0.4, -0.2) is 29.1 Å². The number of rotatable bonds is 3. The van der Waals surface area contributed by atoms with Gasteiger partial charge in [0.2, 0.25) is 5.91 Å². The van der Waals surface area contributed by atoms with Crippen LogP contribution in [0.1, 0.15) is 52.4 Å². The summed E-state index contributed by atoms with van der Waals surface area (Å²) in [6, 6.07) is 0. The Morgan fingerprint density at radius 3 is 2.53 bits per heavy atom. The maximum absolute atomic E-state index is 12.5. The van der Waals surface area contributed by atoms with Gasteiger partial charge < -0.3 is 4.90 Å². The van der Waals surface area contributed by atoms with Gasteiger partial charge in [-0.05, 0) is 37.5 Å². The Hall–Kier alpha value is -0.570. The second-order valence-corrected chi connectivity index (χ2v) is 6.52. The van der Waals surface area contributed by atoms with Crippen LogP contribution < -0.4 is 5.32 Å². The number of carbonyl (C=O) groups excluding carboxylic acids is 1. The van der Waals surface area contributed by atoms with Gasteiger partial charge in [0.05, 0.1) is 11.7 Å². The molecule has 3 rings (SSSR count). The number of amides is 1. The maximum atomic E-state index is 12.5. The van der Waals surface area contributed by atoms with Gasteiger partial charge in [0, 0.05) is 6.54 Å². The van der Waals surface area contributed by atoms with E-state index in [4.69, 9.17) is 0 Å². The van der Waals surface area contributed by atoms with Crippen molar-refractivity contribution in [1.82, 2.24) is 10.2 Å². The summed E-state index contributed by atoms with van der Waals surface area (Å²) < 4.78 is 0. The summed E-state index contributed by atoms with van der Waals surface area (Å²) in [6.07, 6.45) is 7.75. The van der Waals surface area contributed by atoms with E-state index in [1.807, 2.05) is 0 Å². The molecule has 1 heterocycles. The second-order valence-electron chi connectivity index (χ2n) is 6.52. The van der Waals surface area contributed by atoms with Crippen LogP contribution in [0, 0.1) is 11.8 Å². The molecule has 1 atom stereocenters. The number of hydrogen-bond donors (Lipinski definition) is 1. The zero-order valence-corrected chi connectivity index (χ0v) is 11.0. The van der Waals surface area contributed by atoms with Crippen molar-refractivity contribution in [2.75, 3.05) is 6.54 Å². The summed E-state index contributed by atoms with van der Waals surface area (Å²) in [5.74, 6) is 1.67. The summed E-state index contributed by atoms with van der Waals surface area (Å²) in [6.45, 7) is 5.43. The van der Waals surface area contributed by atoms with Gasteiger partial charge in [-0.3, -0.25) is 10.1 Å². The highest BCUT2D eigenvalue weighted by atomic mass is 16.2. The molecule has 1 amide bonds. The van der Waals surface area contributed by atoms with Crippen molar-refractivity contribution < 1.29 is 4.79 Å². The highest BCUT2D eigenvalue weighted by Gasteiger charge is 2.59. The first-order chi connectivity index (χ1) is 8.12. The first-order valence-electron chi connectivity index (χ1n) is 7.21. The van der Waals surface area contributed by atoms with Crippen molar-refractivity contribution in [3.63, 3.8) is 0 Å². The van der Waals surface area contributed by atoms with Crippen LogP contribution in [0.5, 0.6) is 0 Å². The van der Waals surface area contributed by atoms with Gasteiger partial charge in [-0.15, -0.1) is 0 Å². The van der Waals surface area contributed by atoms with Crippen molar-refractivity contribution >= 4 is 5.91 Å². The topological polar surface area (TPSA) is 32.3 Å². The lowest BCUT2D eigenvalue weighted by Gasteiger charge is -2.29. The number of hydrogen-bond acceptors (Lipinski definition) is 2. The second kappa shape index (κ2) is 3.98. The van der Waals surface area contributed by atoms with E-state index in [9.17, 15) is 4.79 Å². The normalized spacial score (nSPS) is 32.1. The van der Waals surface area contributed by atoms with E-state index in [-0.39, 0.29) is 11.7 Å². The minimum atomic E-state index is -0.131. The molecular formula is C14H24N2O. The Kier molecular flexibility index (Phi) is 2.69. The van der Waals surface area contributed by atoms with E-state index in [2.05, 4.69) is 24.1 Å². The number of nitrogens with zero attached hydrogens (tertiary/aromatic N) is 1. The highest BCUT2D eigenvalue weighted by molar-refractivity contribution is 5.91. The van der Waals surface area contributed by atoms with Gasteiger partial charge in [0.15, 0.2) is 0 Å². The van der Waals surface area contributed by atoms with Gasteiger partial charge in [-0.2, -0.15) is 0 Å². The minimum Gasteiger partial charge on any atom is -0.325 e. The standard InChI is InChI=1S/C14H24N2O/c1-10(2)12-15-14(7-8-14)13(17)16(12)9-11-5-3-4-6-11/h10-12,15H,3-9H2,1-2H3. The molecule has 3 nitrogen and oxygen atoms in total. The third-order valence-electron chi connectivity index (χ3n) is 4.74. The zero-order chi connectivity index (χ0) is 12.0. The predicted molar refractivity (Wildman–Crippen MR) is 67.4 cm³/mol. The molecular weight excluding hydrogens is 212 g/mol. The van der Waals surface area contributed by atoms with E-state index < -0.39 is 0 Å². The summed E-state index contributed by atoms with van der Waals surface area (Å²) in [7, 11) is 0. The smallest absolute Gasteiger partial charge is 0.244 e.